The van der Waals surface area contributed by atoms with E-state index in [4.69, 9.17) is 4.74 Å². The lowest BCUT2D eigenvalue weighted by molar-refractivity contribution is 0.244. The van der Waals surface area contributed by atoms with E-state index in [1.165, 1.54) is 0 Å². The third-order valence-corrected chi connectivity index (χ3v) is 5.82. The summed E-state index contributed by atoms with van der Waals surface area (Å²) in [6, 6.07) is 7.45. The maximum absolute atomic E-state index is 12.2. The van der Waals surface area contributed by atoms with Crippen LogP contribution in [0, 0.1) is 0 Å². The second kappa shape index (κ2) is 8.29. The maximum atomic E-state index is 12.2. The van der Waals surface area contributed by atoms with Crippen LogP contribution in [0.1, 0.15) is 25.7 Å². The van der Waals surface area contributed by atoms with Crippen molar-refractivity contribution < 1.29 is 9.53 Å². The van der Waals surface area contributed by atoms with Crippen LogP contribution in [0.2, 0.25) is 0 Å². The second-order valence-electron chi connectivity index (χ2n) is 6.21. The van der Waals surface area contributed by atoms with E-state index in [-0.39, 0.29) is 12.1 Å². The third kappa shape index (κ3) is 4.69. The molecular weight excluding hydrogens is 336 g/mol. The molecule has 134 valence electrons. The first-order valence-electron chi connectivity index (χ1n) is 8.50. The summed E-state index contributed by atoms with van der Waals surface area (Å²) in [5, 5.41) is 7.57. The Morgan fingerprint density at radius 2 is 2.04 bits per heavy atom. The zero-order valence-corrected chi connectivity index (χ0v) is 15.4. The Labute approximate surface area is 152 Å². The van der Waals surface area contributed by atoms with Crippen molar-refractivity contribution in [3.63, 3.8) is 0 Å². The molecule has 0 radical (unpaired) electrons. The Morgan fingerprint density at radius 3 is 2.72 bits per heavy atom. The summed E-state index contributed by atoms with van der Waals surface area (Å²) in [7, 11) is 3.61. The lowest BCUT2D eigenvalue weighted by atomic mass is 9.95. The number of aromatic nitrogens is 2. The first-order chi connectivity index (χ1) is 12.2. The number of thioether (sulfide) groups is 1. The molecule has 7 heteroatoms. The lowest BCUT2D eigenvalue weighted by Crippen LogP contribution is -2.40. The average molecular weight is 360 g/mol. The molecule has 0 aliphatic heterocycles. The van der Waals surface area contributed by atoms with Gasteiger partial charge in [-0.3, -0.25) is 0 Å². The molecule has 1 aromatic carbocycles. The van der Waals surface area contributed by atoms with Crippen LogP contribution < -0.4 is 15.4 Å². The summed E-state index contributed by atoms with van der Waals surface area (Å²) in [5.74, 6) is 0.660. The topological polar surface area (TPSA) is 68.2 Å². The number of methoxy groups -OCH3 is 1. The highest BCUT2D eigenvalue weighted by atomic mass is 32.2. The summed E-state index contributed by atoms with van der Waals surface area (Å²) >= 11 is 1.83. The first-order valence-corrected chi connectivity index (χ1v) is 9.38. The van der Waals surface area contributed by atoms with Crippen molar-refractivity contribution in [1.82, 2.24) is 14.9 Å². The van der Waals surface area contributed by atoms with Crippen molar-refractivity contribution in [3.8, 4) is 5.75 Å². The summed E-state index contributed by atoms with van der Waals surface area (Å²) in [6.07, 6.45) is 7.94. The first kappa shape index (κ1) is 17.7. The van der Waals surface area contributed by atoms with Crippen LogP contribution >= 0.6 is 11.8 Å². The summed E-state index contributed by atoms with van der Waals surface area (Å²) in [4.78, 5) is 16.6. The zero-order chi connectivity index (χ0) is 17.6. The number of rotatable bonds is 5. The third-order valence-electron chi connectivity index (χ3n) is 4.41. The van der Waals surface area contributed by atoms with E-state index < -0.39 is 0 Å². The number of nitrogens with one attached hydrogen (secondary N) is 2. The van der Waals surface area contributed by atoms with Crippen molar-refractivity contribution in [3.05, 3.63) is 36.7 Å². The molecule has 2 N–H and O–H groups in total. The molecule has 0 saturated heterocycles. The quantitative estimate of drug-likeness (QED) is 0.854. The number of para-hydroxylation sites is 2. The number of ether oxygens (including phenoxy) is 1. The fraction of sp³-hybridized carbons (Fsp3) is 0.444. The van der Waals surface area contributed by atoms with Gasteiger partial charge in [0.2, 0.25) is 0 Å². The molecule has 1 fully saturated rings. The Balaban J connectivity index is 1.45. The Morgan fingerprint density at radius 1 is 1.28 bits per heavy atom. The van der Waals surface area contributed by atoms with Crippen molar-refractivity contribution in [2.45, 2.75) is 42.1 Å². The van der Waals surface area contributed by atoms with Crippen LogP contribution in [0.25, 0.3) is 0 Å². The second-order valence-corrected chi connectivity index (χ2v) is 7.48. The standard InChI is InChI=1S/C18H24N4O2S/c1-22-12-11-19-18(22)25-14-9-7-13(8-10-14)20-17(23)21-15-5-3-4-6-16(15)24-2/h3-6,11-14H,7-10H2,1-2H3,(H2,20,21,23). The molecular formula is C18H24N4O2S. The summed E-state index contributed by atoms with van der Waals surface area (Å²) < 4.78 is 7.31. The van der Waals surface area contributed by atoms with E-state index >= 15 is 0 Å². The monoisotopic (exact) mass is 360 g/mol. The highest BCUT2D eigenvalue weighted by Crippen LogP contribution is 2.32. The van der Waals surface area contributed by atoms with E-state index in [1.807, 2.05) is 55.5 Å². The Bertz CT molecular complexity index is 711. The number of carbonyl (C=O) groups excluding carboxylic acids is 1. The van der Waals surface area contributed by atoms with Crippen molar-refractivity contribution in [1.29, 1.82) is 0 Å². The van der Waals surface area contributed by atoms with Gasteiger partial charge in [-0.25, -0.2) is 9.78 Å². The normalized spacial score (nSPS) is 20.1. The van der Waals surface area contributed by atoms with Crippen LogP contribution in [-0.4, -0.2) is 34.0 Å². The molecule has 1 heterocycles. The minimum Gasteiger partial charge on any atom is -0.495 e. The highest BCUT2D eigenvalue weighted by Gasteiger charge is 2.24. The molecule has 6 nitrogen and oxygen atoms in total. The minimum atomic E-state index is -0.176. The number of urea groups is 1. The van der Waals surface area contributed by atoms with E-state index in [2.05, 4.69) is 20.2 Å². The molecule has 1 aromatic heterocycles. The fourth-order valence-electron chi connectivity index (χ4n) is 3.03. The number of benzene rings is 1. The number of amides is 2. The number of hydrogen-bond donors (Lipinski definition) is 2. The predicted molar refractivity (Wildman–Crippen MR) is 100 cm³/mol. The smallest absolute Gasteiger partial charge is 0.319 e. The molecule has 1 saturated carbocycles. The number of hydrogen-bond acceptors (Lipinski definition) is 4. The van der Waals surface area contributed by atoms with Gasteiger partial charge in [0.15, 0.2) is 5.16 Å². The molecule has 1 aliphatic rings. The van der Waals surface area contributed by atoms with Gasteiger partial charge in [0.05, 0.1) is 12.8 Å². The number of carbonyl (C=O) groups is 1. The van der Waals surface area contributed by atoms with Gasteiger partial charge in [0, 0.05) is 30.7 Å². The van der Waals surface area contributed by atoms with Crippen LogP contribution in [0.3, 0.4) is 0 Å². The number of imidazole rings is 1. The molecule has 3 rings (SSSR count). The van der Waals surface area contributed by atoms with Crippen LogP contribution in [0.15, 0.2) is 41.8 Å². The van der Waals surface area contributed by atoms with Crippen molar-refractivity contribution in [2.24, 2.45) is 7.05 Å². The minimum absolute atomic E-state index is 0.176. The Hall–Kier alpha value is -2.15. The van der Waals surface area contributed by atoms with Gasteiger partial charge in [-0.15, -0.1) is 0 Å². The van der Waals surface area contributed by atoms with E-state index in [0.29, 0.717) is 16.7 Å². The van der Waals surface area contributed by atoms with Gasteiger partial charge >= 0.3 is 6.03 Å². The predicted octanol–water partition coefficient (Wildman–Crippen LogP) is 3.65. The van der Waals surface area contributed by atoms with E-state index in [1.54, 1.807) is 7.11 Å². The lowest BCUT2D eigenvalue weighted by Gasteiger charge is -2.28. The molecule has 2 amide bonds. The van der Waals surface area contributed by atoms with Crippen LogP contribution in [0.4, 0.5) is 10.5 Å². The largest absolute Gasteiger partial charge is 0.495 e. The number of anilines is 1. The molecule has 0 spiro atoms. The molecule has 0 bridgehead atoms. The van der Waals surface area contributed by atoms with Crippen LogP contribution in [-0.2, 0) is 7.05 Å². The van der Waals surface area contributed by atoms with Crippen molar-refractivity contribution in [2.75, 3.05) is 12.4 Å². The van der Waals surface area contributed by atoms with Gasteiger partial charge < -0.3 is 19.9 Å². The SMILES string of the molecule is COc1ccccc1NC(=O)NC1CCC(Sc2nccn2C)CC1. The summed E-state index contributed by atoms with van der Waals surface area (Å²) in [5.41, 5.74) is 0.682. The maximum Gasteiger partial charge on any atom is 0.319 e. The molecule has 1 aliphatic carbocycles. The van der Waals surface area contributed by atoms with Gasteiger partial charge in [-0.2, -0.15) is 0 Å². The van der Waals surface area contributed by atoms with Crippen LogP contribution in [0.5, 0.6) is 5.75 Å². The van der Waals surface area contributed by atoms with E-state index in [0.717, 1.165) is 30.8 Å². The van der Waals surface area contributed by atoms with Gasteiger partial charge in [-0.05, 0) is 37.8 Å². The van der Waals surface area contributed by atoms with Gasteiger partial charge in [0.25, 0.3) is 0 Å². The molecule has 2 aromatic rings. The summed E-state index contributed by atoms with van der Waals surface area (Å²) in [6.45, 7) is 0. The van der Waals surface area contributed by atoms with Crippen molar-refractivity contribution >= 4 is 23.5 Å². The van der Waals surface area contributed by atoms with Gasteiger partial charge in [0.1, 0.15) is 5.75 Å². The van der Waals surface area contributed by atoms with E-state index in [9.17, 15) is 4.79 Å². The number of nitrogens with zero attached hydrogens (tertiary/aromatic N) is 2. The molecule has 0 unspecified atom stereocenters. The Kier molecular flexibility index (Phi) is 5.86. The zero-order valence-electron chi connectivity index (χ0n) is 14.6. The average Bonchev–Trinajstić information content (AvgIpc) is 3.02. The molecule has 0 atom stereocenters. The number of aryl methyl sites for hydroxylation is 1. The highest BCUT2D eigenvalue weighted by molar-refractivity contribution is 7.99. The molecule has 25 heavy (non-hydrogen) atoms. The van der Waals surface area contributed by atoms with Gasteiger partial charge in [-0.1, -0.05) is 23.9 Å². The fourth-order valence-corrected chi connectivity index (χ4v) is 4.19.